The Morgan fingerprint density at radius 2 is 1.92 bits per heavy atom. The molecule has 2 aromatic heterocycles. The molecule has 0 saturated heterocycles. The van der Waals surface area contributed by atoms with Crippen molar-refractivity contribution < 1.29 is 0 Å². The molecule has 4 nitrogen and oxygen atoms in total. The van der Waals surface area contributed by atoms with Crippen LogP contribution in [0.25, 0.3) is 10.9 Å². The number of aryl methyl sites for hydroxylation is 2. The fourth-order valence-corrected chi connectivity index (χ4v) is 1.43. The molecule has 2 rings (SSSR count). The molecule has 0 spiro atoms. The molecule has 2 heterocycles. The average molecular weight is 174 g/mol. The third-order valence-corrected chi connectivity index (χ3v) is 2.07. The van der Waals surface area contributed by atoms with Crippen molar-refractivity contribution in [1.29, 1.82) is 0 Å². The van der Waals surface area contributed by atoms with Gasteiger partial charge in [-0.3, -0.25) is 0 Å². The summed E-state index contributed by atoms with van der Waals surface area (Å²) in [5.74, 6) is 0.464. The summed E-state index contributed by atoms with van der Waals surface area (Å²) in [7, 11) is 0. The minimum atomic E-state index is 0.464. The number of pyridine rings is 1. The molecule has 13 heavy (non-hydrogen) atoms. The van der Waals surface area contributed by atoms with Crippen LogP contribution in [0.1, 0.15) is 11.3 Å². The molecular formula is C9H10N4. The second-order valence-corrected chi connectivity index (χ2v) is 3.01. The van der Waals surface area contributed by atoms with E-state index in [1.54, 1.807) is 6.20 Å². The monoisotopic (exact) mass is 174 g/mol. The third-order valence-electron chi connectivity index (χ3n) is 2.07. The van der Waals surface area contributed by atoms with E-state index in [4.69, 9.17) is 5.73 Å². The summed E-state index contributed by atoms with van der Waals surface area (Å²) in [6.07, 6.45) is 3.25. The quantitative estimate of drug-likeness (QED) is 0.652. The maximum atomic E-state index is 5.69. The maximum absolute atomic E-state index is 5.69. The lowest BCUT2D eigenvalue weighted by atomic mass is 10.1. The van der Waals surface area contributed by atoms with Gasteiger partial charge in [-0.2, -0.15) is 0 Å². The van der Waals surface area contributed by atoms with Gasteiger partial charge in [0.15, 0.2) is 0 Å². The van der Waals surface area contributed by atoms with Crippen molar-refractivity contribution in [3.8, 4) is 0 Å². The van der Waals surface area contributed by atoms with Crippen LogP contribution < -0.4 is 5.73 Å². The van der Waals surface area contributed by atoms with Gasteiger partial charge in [0.2, 0.25) is 0 Å². The van der Waals surface area contributed by atoms with Crippen LogP contribution in [0.4, 0.5) is 5.82 Å². The van der Waals surface area contributed by atoms with Crippen LogP contribution in [0.3, 0.4) is 0 Å². The third kappa shape index (κ3) is 1.11. The highest BCUT2D eigenvalue weighted by molar-refractivity contribution is 5.90. The molecule has 0 amide bonds. The molecule has 0 aliphatic heterocycles. The highest BCUT2D eigenvalue weighted by atomic mass is 14.9. The summed E-state index contributed by atoms with van der Waals surface area (Å²) in [5.41, 5.74) is 8.43. The fourth-order valence-electron chi connectivity index (χ4n) is 1.43. The molecule has 2 aromatic rings. The Morgan fingerprint density at radius 3 is 2.62 bits per heavy atom. The first-order valence-electron chi connectivity index (χ1n) is 4.02. The van der Waals surface area contributed by atoms with Gasteiger partial charge >= 0.3 is 0 Å². The van der Waals surface area contributed by atoms with E-state index in [1.807, 2.05) is 13.8 Å². The number of hydrogen-bond donors (Lipinski definition) is 1. The second kappa shape index (κ2) is 2.65. The first-order valence-corrected chi connectivity index (χ1v) is 4.02. The zero-order chi connectivity index (χ0) is 9.42. The Morgan fingerprint density at radius 1 is 1.15 bits per heavy atom. The predicted octanol–water partition coefficient (Wildman–Crippen LogP) is 1.22. The van der Waals surface area contributed by atoms with Gasteiger partial charge in [-0.15, -0.1) is 0 Å². The number of nitrogen functional groups attached to an aromatic ring is 1. The van der Waals surface area contributed by atoms with E-state index in [1.165, 1.54) is 6.33 Å². The average Bonchev–Trinajstić information content (AvgIpc) is 2.12. The maximum Gasteiger partial charge on any atom is 0.150 e. The van der Waals surface area contributed by atoms with Gasteiger partial charge in [-0.25, -0.2) is 15.0 Å². The molecule has 0 unspecified atom stereocenters. The lowest BCUT2D eigenvalue weighted by molar-refractivity contribution is 1.13. The van der Waals surface area contributed by atoms with Crippen molar-refractivity contribution in [2.24, 2.45) is 0 Å². The van der Waals surface area contributed by atoms with Gasteiger partial charge in [0.05, 0.1) is 0 Å². The number of nitrogens with two attached hydrogens (primary N) is 1. The van der Waals surface area contributed by atoms with Gasteiger partial charge in [-0.1, -0.05) is 0 Å². The van der Waals surface area contributed by atoms with Crippen molar-refractivity contribution in [1.82, 2.24) is 15.0 Å². The van der Waals surface area contributed by atoms with Crippen LogP contribution in [0.2, 0.25) is 0 Å². The molecule has 0 aliphatic carbocycles. The largest absolute Gasteiger partial charge is 0.382 e. The second-order valence-electron chi connectivity index (χ2n) is 3.01. The Balaban J connectivity index is 3.00. The number of nitrogens with zero attached hydrogens (tertiary/aromatic N) is 3. The first-order chi connectivity index (χ1) is 6.20. The summed E-state index contributed by atoms with van der Waals surface area (Å²) >= 11 is 0. The van der Waals surface area contributed by atoms with E-state index in [-0.39, 0.29) is 0 Å². The Bertz CT molecular complexity index is 456. The van der Waals surface area contributed by atoms with E-state index in [2.05, 4.69) is 15.0 Å². The molecular weight excluding hydrogens is 164 g/mol. The highest BCUT2D eigenvalue weighted by Crippen LogP contribution is 2.21. The molecule has 0 aromatic carbocycles. The topological polar surface area (TPSA) is 64.7 Å². The van der Waals surface area contributed by atoms with Crippen LogP contribution in [0.15, 0.2) is 12.5 Å². The summed E-state index contributed by atoms with van der Waals surface area (Å²) < 4.78 is 0. The summed E-state index contributed by atoms with van der Waals surface area (Å²) in [4.78, 5) is 12.3. The number of fused-ring (bicyclic) bond motifs is 1. The SMILES string of the molecule is Cc1cnc(N)c2ncnc(C)c12. The Labute approximate surface area is 75.8 Å². The number of hydrogen-bond acceptors (Lipinski definition) is 4. The molecule has 0 radical (unpaired) electrons. The van der Waals surface area contributed by atoms with E-state index in [9.17, 15) is 0 Å². The minimum Gasteiger partial charge on any atom is -0.382 e. The molecule has 2 N–H and O–H groups in total. The lowest BCUT2D eigenvalue weighted by Crippen LogP contribution is -1.97. The molecule has 0 bridgehead atoms. The van der Waals surface area contributed by atoms with Crippen molar-refractivity contribution >= 4 is 16.7 Å². The van der Waals surface area contributed by atoms with Crippen molar-refractivity contribution in [3.63, 3.8) is 0 Å². The summed E-state index contributed by atoms with van der Waals surface area (Å²) in [5, 5.41) is 1.01. The highest BCUT2D eigenvalue weighted by Gasteiger charge is 2.05. The zero-order valence-corrected chi connectivity index (χ0v) is 7.57. The Hall–Kier alpha value is -1.71. The van der Waals surface area contributed by atoms with Crippen LogP contribution in [0.5, 0.6) is 0 Å². The molecule has 4 heteroatoms. The normalized spacial score (nSPS) is 10.6. The lowest BCUT2D eigenvalue weighted by Gasteiger charge is -2.04. The molecule has 0 saturated carbocycles. The van der Waals surface area contributed by atoms with Gasteiger partial charge < -0.3 is 5.73 Å². The number of rotatable bonds is 0. The molecule has 66 valence electrons. The van der Waals surface area contributed by atoms with Crippen LogP contribution >= 0.6 is 0 Å². The molecule has 0 atom stereocenters. The zero-order valence-electron chi connectivity index (χ0n) is 7.57. The van der Waals surface area contributed by atoms with Gasteiger partial charge in [-0.05, 0) is 19.4 Å². The summed E-state index contributed by atoms with van der Waals surface area (Å²) in [6.45, 7) is 3.92. The van der Waals surface area contributed by atoms with E-state index < -0.39 is 0 Å². The van der Waals surface area contributed by atoms with Crippen LogP contribution in [0, 0.1) is 13.8 Å². The van der Waals surface area contributed by atoms with Gasteiger partial charge in [0.25, 0.3) is 0 Å². The molecule has 0 aliphatic rings. The van der Waals surface area contributed by atoms with Crippen molar-refractivity contribution in [2.45, 2.75) is 13.8 Å². The summed E-state index contributed by atoms with van der Waals surface area (Å²) in [6, 6.07) is 0. The Kier molecular flexibility index (Phi) is 1.62. The van der Waals surface area contributed by atoms with Crippen molar-refractivity contribution in [3.05, 3.63) is 23.8 Å². The van der Waals surface area contributed by atoms with Gasteiger partial charge in [0, 0.05) is 17.3 Å². The smallest absolute Gasteiger partial charge is 0.150 e. The number of anilines is 1. The van der Waals surface area contributed by atoms with Gasteiger partial charge in [0.1, 0.15) is 17.7 Å². The first kappa shape index (κ1) is 7.91. The standard InChI is InChI=1S/C9H10N4/c1-5-3-11-9(10)8-7(5)6(2)12-4-13-8/h3-4H,1-2H3,(H2,10,11). The fraction of sp³-hybridized carbons (Fsp3) is 0.222. The van der Waals surface area contributed by atoms with Crippen LogP contribution in [-0.4, -0.2) is 15.0 Å². The van der Waals surface area contributed by atoms with Crippen molar-refractivity contribution in [2.75, 3.05) is 5.73 Å². The minimum absolute atomic E-state index is 0.464. The predicted molar refractivity (Wildman–Crippen MR) is 51.2 cm³/mol. The van der Waals surface area contributed by atoms with E-state index in [0.717, 1.165) is 22.2 Å². The van der Waals surface area contributed by atoms with Crippen LogP contribution in [-0.2, 0) is 0 Å². The van der Waals surface area contributed by atoms with E-state index in [0.29, 0.717) is 5.82 Å². The number of aromatic nitrogens is 3. The van der Waals surface area contributed by atoms with E-state index >= 15 is 0 Å². The molecule has 0 fully saturated rings.